The molecule has 0 atom stereocenters. The number of carbonyl (C=O) groups is 1. The Hall–Kier alpha value is -0.730. The van der Waals surface area contributed by atoms with Crippen LogP contribution >= 0.6 is 0 Å². The van der Waals surface area contributed by atoms with Gasteiger partial charge in [-0.3, -0.25) is 0 Å². The maximum absolute atomic E-state index is 11.1. The van der Waals surface area contributed by atoms with Gasteiger partial charge in [0.05, 0.1) is 0 Å². The van der Waals surface area contributed by atoms with Crippen molar-refractivity contribution in [1.82, 2.24) is 10.2 Å². The van der Waals surface area contributed by atoms with Crippen LogP contribution in [0.4, 0.5) is 4.79 Å². The lowest BCUT2D eigenvalue weighted by atomic mass is 10.1. The molecular weight excluding hydrogens is 152 g/mol. The number of hydrogen-bond donors (Lipinski definition) is 1. The Kier molecular flexibility index (Phi) is 1.74. The average Bonchev–Trinajstić information content (AvgIpc) is 2.61. The fourth-order valence-corrected chi connectivity index (χ4v) is 1.59. The van der Waals surface area contributed by atoms with E-state index in [2.05, 4.69) is 12.2 Å². The van der Waals surface area contributed by atoms with Crippen LogP contribution in [0.2, 0.25) is 0 Å². The molecule has 2 aliphatic rings. The molecule has 0 unspecified atom stereocenters. The van der Waals surface area contributed by atoms with Crippen LogP contribution in [0.3, 0.4) is 0 Å². The van der Waals surface area contributed by atoms with Crippen molar-refractivity contribution in [3.63, 3.8) is 0 Å². The predicted octanol–water partition coefficient (Wildman–Crippen LogP) is 1.20. The zero-order chi connectivity index (χ0) is 8.60. The fraction of sp³-hybridized carbons (Fsp3) is 0.889. The summed E-state index contributed by atoms with van der Waals surface area (Å²) in [5.41, 5.74) is 0.572. The topological polar surface area (TPSA) is 32.3 Å². The van der Waals surface area contributed by atoms with E-state index in [0.717, 1.165) is 19.6 Å². The Bertz CT molecular complexity index is 199. The second-order valence-corrected chi connectivity index (χ2v) is 4.28. The summed E-state index contributed by atoms with van der Waals surface area (Å²) in [6, 6.07) is 0.124. The standard InChI is InChI=1S/C9H16N2O/c1-9(2-3-9)4-6-11-7-5-10-8(11)12/h2-7H2,1H3,(H,10,12). The number of hydrogen-bond acceptors (Lipinski definition) is 1. The Morgan fingerprint density at radius 2 is 2.33 bits per heavy atom. The van der Waals surface area contributed by atoms with Crippen LogP contribution in [-0.4, -0.2) is 30.6 Å². The van der Waals surface area contributed by atoms with Crippen molar-refractivity contribution in [3.05, 3.63) is 0 Å². The first kappa shape index (κ1) is 7.90. The van der Waals surface area contributed by atoms with Gasteiger partial charge in [-0.15, -0.1) is 0 Å². The van der Waals surface area contributed by atoms with E-state index in [1.54, 1.807) is 0 Å². The average molecular weight is 168 g/mol. The van der Waals surface area contributed by atoms with E-state index in [0.29, 0.717) is 5.41 Å². The highest BCUT2D eigenvalue weighted by Gasteiger charge is 2.37. The molecule has 0 aromatic rings. The van der Waals surface area contributed by atoms with Crippen LogP contribution < -0.4 is 5.32 Å². The van der Waals surface area contributed by atoms with Crippen LogP contribution in [0.1, 0.15) is 26.2 Å². The van der Waals surface area contributed by atoms with Crippen LogP contribution in [0.25, 0.3) is 0 Å². The van der Waals surface area contributed by atoms with Gasteiger partial charge in [-0.2, -0.15) is 0 Å². The molecule has 2 fully saturated rings. The molecular formula is C9H16N2O. The highest BCUT2D eigenvalue weighted by Crippen LogP contribution is 2.48. The molecule has 2 rings (SSSR count). The first-order chi connectivity index (χ1) is 5.70. The van der Waals surface area contributed by atoms with Crippen LogP contribution in [0.15, 0.2) is 0 Å². The summed E-state index contributed by atoms with van der Waals surface area (Å²) in [5, 5.41) is 2.81. The van der Waals surface area contributed by atoms with Crippen molar-refractivity contribution in [1.29, 1.82) is 0 Å². The Morgan fingerprint density at radius 1 is 1.58 bits per heavy atom. The van der Waals surface area contributed by atoms with E-state index in [1.165, 1.54) is 19.3 Å². The molecule has 1 aliphatic carbocycles. The third-order valence-corrected chi connectivity index (χ3v) is 3.03. The highest BCUT2D eigenvalue weighted by atomic mass is 16.2. The van der Waals surface area contributed by atoms with Crippen molar-refractivity contribution in [2.75, 3.05) is 19.6 Å². The first-order valence-electron chi connectivity index (χ1n) is 4.72. The molecule has 1 heterocycles. The van der Waals surface area contributed by atoms with E-state index in [4.69, 9.17) is 0 Å². The summed E-state index contributed by atoms with van der Waals surface area (Å²) in [4.78, 5) is 13.0. The summed E-state index contributed by atoms with van der Waals surface area (Å²) in [6.07, 6.45) is 3.88. The normalized spacial score (nSPS) is 25.8. The summed E-state index contributed by atoms with van der Waals surface area (Å²) < 4.78 is 0. The lowest BCUT2D eigenvalue weighted by Crippen LogP contribution is -2.30. The van der Waals surface area contributed by atoms with E-state index < -0.39 is 0 Å². The van der Waals surface area contributed by atoms with Gasteiger partial charge in [0.1, 0.15) is 0 Å². The number of nitrogens with one attached hydrogen (secondary N) is 1. The number of rotatable bonds is 3. The number of urea groups is 1. The van der Waals surface area contributed by atoms with E-state index in [9.17, 15) is 4.79 Å². The molecule has 68 valence electrons. The summed E-state index contributed by atoms with van der Waals surface area (Å²) in [7, 11) is 0. The van der Waals surface area contributed by atoms with Gasteiger partial charge in [0.15, 0.2) is 0 Å². The zero-order valence-corrected chi connectivity index (χ0v) is 7.60. The Balaban J connectivity index is 1.75. The highest BCUT2D eigenvalue weighted by molar-refractivity contribution is 5.76. The Labute approximate surface area is 73.1 Å². The summed E-state index contributed by atoms with van der Waals surface area (Å²) >= 11 is 0. The Morgan fingerprint density at radius 3 is 2.83 bits per heavy atom. The quantitative estimate of drug-likeness (QED) is 0.674. The maximum atomic E-state index is 11.1. The lowest BCUT2D eigenvalue weighted by molar-refractivity contribution is 0.213. The molecule has 1 N–H and O–H groups in total. The molecule has 1 aliphatic heterocycles. The van der Waals surface area contributed by atoms with Gasteiger partial charge in [0.2, 0.25) is 0 Å². The minimum atomic E-state index is 0.124. The van der Waals surface area contributed by atoms with Gasteiger partial charge in [0, 0.05) is 19.6 Å². The molecule has 0 bridgehead atoms. The van der Waals surface area contributed by atoms with Crippen molar-refractivity contribution in [3.8, 4) is 0 Å². The SMILES string of the molecule is CC1(CCN2CCNC2=O)CC1. The van der Waals surface area contributed by atoms with Crippen molar-refractivity contribution in [2.24, 2.45) is 5.41 Å². The molecule has 2 amide bonds. The van der Waals surface area contributed by atoms with Gasteiger partial charge in [-0.25, -0.2) is 4.79 Å². The third kappa shape index (κ3) is 1.54. The van der Waals surface area contributed by atoms with Crippen molar-refractivity contribution < 1.29 is 4.79 Å². The molecule has 1 saturated heterocycles. The van der Waals surface area contributed by atoms with Gasteiger partial charge in [-0.05, 0) is 24.7 Å². The molecule has 0 radical (unpaired) electrons. The zero-order valence-electron chi connectivity index (χ0n) is 7.60. The molecule has 0 spiro atoms. The van der Waals surface area contributed by atoms with Crippen LogP contribution in [0.5, 0.6) is 0 Å². The summed E-state index contributed by atoms with van der Waals surface area (Å²) in [5.74, 6) is 0. The second kappa shape index (κ2) is 2.64. The van der Waals surface area contributed by atoms with Gasteiger partial charge >= 0.3 is 6.03 Å². The van der Waals surface area contributed by atoms with E-state index >= 15 is 0 Å². The second-order valence-electron chi connectivity index (χ2n) is 4.28. The molecule has 3 heteroatoms. The fourth-order valence-electron chi connectivity index (χ4n) is 1.59. The van der Waals surface area contributed by atoms with Gasteiger partial charge in [-0.1, -0.05) is 6.92 Å². The number of nitrogens with zero attached hydrogens (tertiary/aromatic N) is 1. The third-order valence-electron chi connectivity index (χ3n) is 3.03. The molecule has 0 aromatic carbocycles. The van der Waals surface area contributed by atoms with E-state index in [-0.39, 0.29) is 6.03 Å². The largest absolute Gasteiger partial charge is 0.336 e. The smallest absolute Gasteiger partial charge is 0.317 e. The monoisotopic (exact) mass is 168 g/mol. The van der Waals surface area contributed by atoms with Gasteiger partial charge in [0.25, 0.3) is 0 Å². The first-order valence-corrected chi connectivity index (χ1v) is 4.72. The van der Waals surface area contributed by atoms with E-state index in [1.807, 2.05) is 4.90 Å². The van der Waals surface area contributed by atoms with Crippen LogP contribution in [-0.2, 0) is 0 Å². The minimum Gasteiger partial charge on any atom is -0.336 e. The van der Waals surface area contributed by atoms with Gasteiger partial charge < -0.3 is 10.2 Å². The number of amides is 2. The molecule has 12 heavy (non-hydrogen) atoms. The summed E-state index contributed by atoms with van der Waals surface area (Å²) in [6.45, 7) is 4.98. The lowest BCUT2D eigenvalue weighted by Gasteiger charge is -2.16. The predicted molar refractivity (Wildman–Crippen MR) is 46.9 cm³/mol. The minimum absolute atomic E-state index is 0.124. The van der Waals surface area contributed by atoms with Crippen molar-refractivity contribution in [2.45, 2.75) is 26.2 Å². The molecule has 3 nitrogen and oxygen atoms in total. The molecule has 0 aromatic heterocycles. The van der Waals surface area contributed by atoms with Crippen molar-refractivity contribution >= 4 is 6.03 Å². The number of carbonyl (C=O) groups excluding carboxylic acids is 1. The maximum Gasteiger partial charge on any atom is 0.317 e. The van der Waals surface area contributed by atoms with Crippen LogP contribution in [0, 0.1) is 5.41 Å². The molecule has 1 saturated carbocycles.